The molecule has 1 unspecified atom stereocenters. The Morgan fingerprint density at radius 2 is 1.86 bits per heavy atom. The second kappa shape index (κ2) is 10.9. The maximum absolute atomic E-state index is 13.6. The average molecular weight is 535 g/mol. The zero-order valence-corrected chi connectivity index (χ0v) is 21.7. The maximum atomic E-state index is 13.6. The van der Waals surface area contributed by atoms with E-state index in [9.17, 15) is 9.18 Å². The first-order chi connectivity index (χ1) is 17.9. The molecule has 188 valence electrons. The zero-order valence-electron chi connectivity index (χ0n) is 20.2. The van der Waals surface area contributed by atoms with Gasteiger partial charge in [-0.3, -0.25) is 9.78 Å². The van der Waals surface area contributed by atoms with Crippen LogP contribution >= 0.6 is 23.2 Å². The van der Waals surface area contributed by atoms with Crippen molar-refractivity contribution in [3.05, 3.63) is 111 Å². The van der Waals surface area contributed by atoms with Gasteiger partial charge >= 0.3 is 0 Å². The molecule has 0 spiro atoms. The molecule has 37 heavy (non-hydrogen) atoms. The van der Waals surface area contributed by atoms with E-state index in [1.165, 1.54) is 12.1 Å². The summed E-state index contributed by atoms with van der Waals surface area (Å²) in [7, 11) is 0. The number of nitrogens with zero attached hydrogens (tertiary/aromatic N) is 3. The first kappa shape index (κ1) is 25.2. The Labute approximate surface area is 225 Å². The number of allylic oxidation sites excluding steroid dienone is 1. The highest BCUT2D eigenvalue weighted by Gasteiger charge is 2.29. The lowest BCUT2D eigenvalue weighted by molar-refractivity contribution is 0.0932. The van der Waals surface area contributed by atoms with Crippen LogP contribution in [-0.2, 0) is 6.42 Å². The molecule has 1 aliphatic rings. The molecule has 4 aromatic rings. The second-order valence-corrected chi connectivity index (χ2v) is 9.90. The number of hydrogen-bond donors (Lipinski definition) is 1. The second-order valence-electron chi connectivity index (χ2n) is 9.06. The number of halogens is 3. The highest BCUT2D eigenvalue weighted by Crippen LogP contribution is 2.37. The van der Waals surface area contributed by atoms with Crippen LogP contribution in [0.5, 0.6) is 0 Å². The molecule has 2 aromatic carbocycles. The third kappa shape index (κ3) is 5.45. The molecule has 2 aromatic heterocycles. The molecule has 0 saturated heterocycles. The molecule has 0 bridgehead atoms. The highest BCUT2D eigenvalue weighted by atomic mass is 35.5. The van der Waals surface area contributed by atoms with Crippen molar-refractivity contribution in [2.24, 2.45) is 0 Å². The van der Waals surface area contributed by atoms with Crippen LogP contribution in [0.15, 0.2) is 66.9 Å². The Morgan fingerprint density at radius 1 is 1.08 bits per heavy atom. The van der Waals surface area contributed by atoms with Crippen LogP contribution < -0.4 is 5.32 Å². The Kier molecular flexibility index (Phi) is 7.40. The van der Waals surface area contributed by atoms with Crippen LogP contribution in [0, 0.1) is 5.82 Å². The van der Waals surface area contributed by atoms with Gasteiger partial charge in [-0.1, -0.05) is 41.4 Å². The van der Waals surface area contributed by atoms with Crippen molar-refractivity contribution in [3.8, 4) is 5.69 Å². The maximum Gasteiger partial charge on any atom is 0.272 e. The lowest BCUT2D eigenvalue weighted by atomic mass is 10.0. The van der Waals surface area contributed by atoms with Gasteiger partial charge in [0.15, 0.2) is 5.69 Å². The Balaban J connectivity index is 1.64. The van der Waals surface area contributed by atoms with Crippen molar-refractivity contribution in [1.82, 2.24) is 20.1 Å². The van der Waals surface area contributed by atoms with E-state index < -0.39 is 0 Å². The molecule has 5 nitrogen and oxygen atoms in total. The van der Waals surface area contributed by atoms with E-state index in [1.54, 1.807) is 41.2 Å². The Bertz CT molecular complexity index is 1470. The van der Waals surface area contributed by atoms with Gasteiger partial charge in [0.2, 0.25) is 0 Å². The van der Waals surface area contributed by atoms with Gasteiger partial charge in [0.25, 0.3) is 5.91 Å². The summed E-state index contributed by atoms with van der Waals surface area (Å²) >= 11 is 12.8. The van der Waals surface area contributed by atoms with Crippen LogP contribution in [0.4, 0.5) is 4.39 Å². The van der Waals surface area contributed by atoms with Gasteiger partial charge in [0.1, 0.15) is 5.82 Å². The molecular formula is C29H25Cl2FN4O. The number of carbonyl (C=O) groups excluding carboxylic acids is 1. The van der Waals surface area contributed by atoms with Gasteiger partial charge in [-0.2, -0.15) is 5.10 Å². The fourth-order valence-corrected chi connectivity index (χ4v) is 5.12. The van der Waals surface area contributed by atoms with E-state index in [2.05, 4.69) is 10.3 Å². The summed E-state index contributed by atoms with van der Waals surface area (Å²) in [6.07, 6.45) is 7.07. The van der Waals surface area contributed by atoms with Gasteiger partial charge in [0.05, 0.1) is 28.1 Å². The summed E-state index contributed by atoms with van der Waals surface area (Å²) < 4.78 is 15.3. The number of rotatable bonds is 5. The standard InChI is InChI=1S/C29H25Cl2FN4O/c1-18(25-8-4-5-15-33-25)34-29(37)27-23-7-3-2-6-20(16-19-9-12-22(32)13-10-19)28(23)36(35-27)26-14-11-21(30)17-24(26)31/h4-5,8-18H,2-3,6-7H2,1H3,(H,34,37). The van der Waals surface area contributed by atoms with Gasteiger partial charge in [-0.15, -0.1) is 0 Å². The Morgan fingerprint density at radius 3 is 2.59 bits per heavy atom. The molecule has 5 rings (SSSR count). The highest BCUT2D eigenvalue weighted by molar-refractivity contribution is 6.35. The predicted octanol–water partition coefficient (Wildman–Crippen LogP) is 7.47. The van der Waals surface area contributed by atoms with Crippen molar-refractivity contribution in [2.45, 2.75) is 38.6 Å². The number of nitrogens with one attached hydrogen (secondary N) is 1. The lowest BCUT2D eigenvalue weighted by Gasteiger charge is -2.13. The Hall–Kier alpha value is -3.48. The lowest BCUT2D eigenvalue weighted by Crippen LogP contribution is -2.28. The van der Waals surface area contributed by atoms with Crippen LogP contribution in [0.25, 0.3) is 17.3 Å². The summed E-state index contributed by atoms with van der Waals surface area (Å²) in [4.78, 5) is 17.9. The minimum absolute atomic E-state index is 0.277. The largest absolute Gasteiger partial charge is 0.343 e. The number of pyridine rings is 1. The molecule has 1 aliphatic carbocycles. The summed E-state index contributed by atoms with van der Waals surface area (Å²) in [5.41, 5.74) is 5.33. The van der Waals surface area contributed by atoms with Gasteiger partial charge in [-0.05, 0) is 92.3 Å². The van der Waals surface area contributed by atoms with Gasteiger partial charge < -0.3 is 5.32 Å². The smallest absolute Gasteiger partial charge is 0.272 e. The summed E-state index contributed by atoms with van der Waals surface area (Å²) in [6, 6.07) is 16.9. The number of aromatic nitrogens is 3. The number of carbonyl (C=O) groups is 1. The minimum atomic E-state index is -0.298. The van der Waals surface area contributed by atoms with E-state index in [0.29, 0.717) is 27.8 Å². The first-order valence-corrected chi connectivity index (χ1v) is 12.9. The normalized spacial score (nSPS) is 15.2. The molecule has 0 aliphatic heterocycles. The van der Waals surface area contributed by atoms with E-state index >= 15 is 0 Å². The predicted molar refractivity (Wildman–Crippen MR) is 146 cm³/mol. The molecule has 0 radical (unpaired) electrons. The van der Waals surface area contributed by atoms with Gasteiger partial charge in [-0.25, -0.2) is 9.07 Å². The zero-order chi connectivity index (χ0) is 25.9. The fourth-order valence-electron chi connectivity index (χ4n) is 4.63. The molecule has 1 atom stereocenters. The molecule has 1 amide bonds. The number of benzene rings is 2. The summed E-state index contributed by atoms with van der Waals surface area (Å²) in [5, 5.41) is 8.79. The topological polar surface area (TPSA) is 59.8 Å². The first-order valence-electron chi connectivity index (χ1n) is 12.2. The van der Waals surface area contributed by atoms with Crippen LogP contribution in [-0.4, -0.2) is 20.7 Å². The van der Waals surface area contributed by atoms with Crippen LogP contribution in [0.1, 0.15) is 65.2 Å². The van der Waals surface area contributed by atoms with Crippen LogP contribution in [0.2, 0.25) is 10.0 Å². The third-order valence-electron chi connectivity index (χ3n) is 6.45. The van der Waals surface area contributed by atoms with Crippen molar-refractivity contribution in [3.63, 3.8) is 0 Å². The quantitative estimate of drug-likeness (QED) is 0.270. The van der Waals surface area contributed by atoms with E-state index in [0.717, 1.165) is 47.4 Å². The minimum Gasteiger partial charge on any atom is -0.343 e. The van der Waals surface area contributed by atoms with E-state index in [-0.39, 0.29) is 17.8 Å². The fraction of sp³-hybridized carbons (Fsp3) is 0.207. The van der Waals surface area contributed by atoms with Gasteiger partial charge in [0, 0.05) is 16.8 Å². The molecule has 1 N–H and O–H groups in total. The summed E-state index contributed by atoms with van der Waals surface area (Å²) in [6.45, 7) is 1.89. The van der Waals surface area contributed by atoms with Crippen molar-refractivity contribution >= 4 is 40.8 Å². The molecule has 0 saturated carbocycles. The monoisotopic (exact) mass is 534 g/mol. The average Bonchev–Trinajstić information content (AvgIpc) is 3.14. The molecule has 8 heteroatoms. The van der Waals surface area contributed by atoms with Crippen molar-refractivity contribution in [1.29, 1.82) is 0 Å². The summed E-state index contributed by atoms with van der Waals surface area (Å²) in [5.74, 6) is -0.566. The third-order valence-corrected chi connectivity index (χ3v) is 6.99. The van der Waals surface area contributed by atoms with E-state index in [1.807, 2.05) is 31.2 Å². The SMILES string of the molecule is CC(NC(=O)c1nn(-c2ccc(Cl)cc2Cl)c2c1CCCCC2=Cc1ccc(F)cc1)c1ccccn1. The number of amides is 1. The van der Waals surface area contributed by atoms with E-state index in [4.69, 9.17) is 28.3 Å². The molecule has 0 fully saturated rings. The molecular weight excluding hydrogens is 510 g/mol. The number of hydrogen-bond acceptors (Lipinski definition) is 3. The van der Waals surface area contributed by atoms with Crippen molar-refractivity contribution in [2.75, 3.05) is 0 Å². The van der Waals surface area contributed by atoms with Crippen molar-refractivity contribution < 1.29 is 9.18 Å². The molecule has 2 heterocycles. The van der Waals surface area contributed by atoms with Crippen LogP contribution in [0.3, 0.4) is 0 Å². The number of fused-ring (bicyclic) bond motifs is 1.